The first-order valence-electron chi connectivity index (χ1n) is 9.65. The van der Waals surface area contributed by atoms with Crippen molar-refractivity contribution in [2.24, 2.45) is 0 Å². The van der Waals surface area contributed by atoms with Gasteiger partial charge in [0.2, 0.25) is 0 Å². The number of rotatable bonds is 5. The van der Waals surface area contributed by atoms with Gasteiger partial charge in [0.15, 0.2) is 11.9 Å². The molecule has 0 radical (unpaired) electrons. The van der Waals surface area contributed by atoms with E-state index in [4.69, 9.17) is 16.3 Å². The minimum atomic E-state index is -3.89. The molecule has 0 amide bonds. The summed E-state index contributed by atoms with van der Waals surface area (Å²) in [5.74, 6) is 0.752. The second-order valence-electron chi connectivity index (χ2n) is 7.01. The molecule has 2 heterocycles. The van der Waals surface area contributed by atoms with E-state index in [0.717, 1.165) is 28.2 Å². The Morgan fingerprint density at radius 2 is 1.94 bits per heavy atom. The van der Waals surface area contributed by atoms with Crippen LogP contribution in [0, 0.1) is 0 Å². The zero-order chi connectivity index (χ0) is 21.6. The number of ether oxygens (including phenoxy) is 1. The quantitative estimate of drug-likeness (QED) is 0.410. The van der Waals surface area contributed by atoms with E-state index < -0.39 is 10.0 Å². The maximum absolute atomic E-state index is 13.4. The third kappa shape index (κ3) is 3.60. The van der Waals surface area contributed by atoms with Crippen LogP contribution in [0.25, 0.3) is 21.3 Å². The highest BCUT2D eigenvalue weighted by Crippen LogP contribution is 2.44. The van der Waals surface area contributed by atoms with Crippen LogP contribution >= 0.6 is 22.9 Å². The number of sulfonamides is 1. The Labute approximate surface area is 189 Å². The molecule has 0 bridgehead atoms. The predicted octanol–water partition coefficient (Wildman–Crippen LogP) is 5.59. The third-order valence-electron chi connectivity index (χ3n) is 5.11. The Morgan fingerprint density at radius 1 is 1.13 bits per heavy atom. The Balaban J connectivity index is 1.58. The van der Waals surface area contributed by atoms with Crippen molar-refractivity contribution >= 4 is 54.0 Å². The minimum Gasteiger partial charge on any atom is -0.471 e. The van der Waals surface area contributed by atoms with E-state index in [-0.39, 0.29) is 4.90 Å². The number of fused-ring (bicyclic) bond motifs is 2. The molecule has 1 aliphatic rings. The lowest BCUT2D eigenvalue weighted by Gasteiger charge is -2.19. The monoisotopic (exact) mass is 471 g/mol. The van der Waals surface area contributed by atoms with Gasteiger partial charge in [0.25, 0.3) is 10.0 Å². The Kier molecular flexibility index (Phi) is 5.00. The van der Waals surface area contributed by atoms with Crippen molar-refractivity contribution in [3.63, 3.8) is 0 Å². The van der Waals surface area contributed by atoms with Crippen LogP contribution in [-0.2, 0) is 10.0 Å². The lowest BCUT2D eigenvalue weighted by Crippen LogP contribution is -2.21. The van der Waals surface area contributed by atoms with Gasteiger partial charge < -0.3 is 9.64 Å². The number of halogens is 1. The largest absolute Gasteiger partial charge is 0.471 e. The summed E-state index contributed by atoms with van der Waals surface area (Å²) < 4.78 is 36.0. The zero-order valence-electron chi connectivity index (χ0n) is 16.5. The number of benzene rings is 3. The summed E-state index contributed by atoms with van der Waals surface area (Å²) in [7, 11) is -3.89. The summed E-state index contributed by atoms with van der Waals surface area (Å²) in [5, 5.41) is 0.849. The fourth-order valence-electron chi connectivity index (χ4n) is 3.68. The zero-order valence-corrected chi connectivity index (χ0v) is 18.9. The highest BCUT2D eigenvalue weighted by Gasteiger charge is 2.27. The molecule has 0 aliphatic carbocycles. The fourth-order valence-corrected chi connectivity index (χ4v) is 6.15. The van der Waals surface area contributed by atoms with E-state index in [2.05, 4.69) is 14.6 Å². The smallest absolute Gasteiger partial charge is 0.264 e. The molecule has 1 aromatic heterocycles. The maximum atomic E-state index is 13.4. The molecule has 0 saturated carbocycles. The SMILES string of the molecule is CCN1COc2cccc(-c3ccccc3S(=O)(=O)Nc3nc4cc(Cl)ccc4s3)c21. The molecule has 1 aliphatic heterocycles. The van der Waals surface area contributed by atoms with Gasteiger partial charge in [-0.2, -0.15) is 0 Å². The van der Waals surface area contributed by atoms with Gasteiger partial charge >= 0.3 is 0 Å². The lowest BCUT2D eigenvalue weighted by molar-refractivity contribution is 0.348. The third-order valence-corrected chi connectivity index (χ3v) is 7.82. The average Bonchev–Trinajstić information content (AvgIpc) is 3.36. The molecule has 5 rings (SSSR count). The van der Waals surface area contributed by atoms with Gasteiger partial charge in [0.1, 0.15) is 5.75 Å². The first-order valence-corrected chi connectivity index (χ1v) is 12.3. The second-order valence-corrected chi connectivity index (χ2v) is 10.1. The van der Waals surface area contributed by atoms with Crippen molar-refractivity contribution in [1.29, 1.82) is 0 Å². The Bertz CT molecular complexity index is 1400. The van der Waals surface area contributed by atoms with Gasteiger partial charge in [-0.15, -0.1) is 0 Å². The highest BCUT2D eigenvalue weighted by molar-refractivity contribution is 7.93. The van der Waals surface area contributed by atoms with E-state index in [9.17, 15) is 8.42 Å². The van der Waals surface area contributed by atoms with E-state index in [0.29, 0.717) is 28.0 Å². The second kappa shape index (κ2) is 7.71. The van der Waals surface area contributed by atoms with E-state index >= 15 is 0 Å². The Hall–Kier alpha value is -2.81. The van der Waals surface area contributed by atoms with Gasteiger partial charge in [-0.05, 0) is 37.3 Å². The molecule has 0 spiro atoms. The van der Waals surface area contributed by atoms with Gasteiger partial charge in [0.05, 0.1) is 20.8 Å². The molecule has 0 unspecified atom stereocenters. The summed E-state index contributed by atoms with van der Waals surface area (Å²) in [6.07, 6.45) is 0. The van der Waals surface area contributed by atoms with Crippen LogP contribution in [0.15, 0.2) is 65.6 Å². The number of thiazole rings is 1. The van der Waals surface area contributed by atoms with Crippen molar-refractivity contribution in [2.45, 2.75) is 11.8 Å². The van der Waals surface area contributed by atoms with Crippen LogP contribution in [0.3, 0.4) is 0 Å². The maximum Gasteiger partial charge on any atom is 0.264 e. The first kappa shape index (κ1) is 20.1. The summed E-state index contributed by atoms with van der Waals surface area (Å²) in [6, 6.07) is 18.0. The van der Waals surface area contributed by atoms with Crippen LogP contribution < -0.4 is 14.4 Å². The first-order chi connectivity index (χ1) is 15.0. The highest BCUT2D eigenvalue weighted by atomic mass is 35.5. The molecular formula is C22H18ClN3O3S2. The standard InChI is InChI=1S/C22H18ClN3O3S2/c1-2-26-13-29-18-8-5-7-16(21(18)26)15-6-3-4-9-20(15)31(27,28)25-22-24-17-12-14(23)10-11-19(17)30-22/h3-12H,2,13H2,1H3,(H,24,25). The lowest BCUT2D eigenvalue weighted by atomic mass is 10.0. The number of hydrogen-bond acceptors (Lipinski definition) is 6. The molecule has 31 heavy (non-hydrogen) atoms. The van der Waals surface area contributed by atoms with Crippen LogP contribution in [-0.4, -0.2) is 26.7 Å². The van der Waals surface area contributed by atoms with Gasteiger partial charge in [0, 0.05) is 22.7 Å². The minimum absolute atomic E-state index is 0.184. The molecule has 1 N–H and O–H groups in total. The molecule has 0 atom stereocenters. The summed E-state index contributed by atoms with van der Waals surface area (Å²) in [4.78, 5) is 6.65. The summed E-state index contributed by atoms with van der Waals surface area (Å²) in [6.45, 7) is 3.24. The number of anilines is 2. The van der Waals surface area contributed by atoms with E-state index in [1.54, 1.807) is 24.3 Å². The van der Waals surface area contributed by atoms with E-state index in [1.165, 1.54) is 11.3 Å². The van der Waals surface area contributed by atoms with Crippen LogP contribution in [0.1, 0.15) is 6.92 Å². The fraction of sp³-hybridized carbons (Fsp3) is 0.136. The van der Waals surface area contributed by atoms with Gasteiger partial charge in [-0.25, -0.2) is 13.4 Å². The van der Waals surface area contributed by atoms with Crippen LogP contribution in [0.2, 0.25) is 5.02 Å². The predicted molar refractivity (Wildman–Crippen MR) is 126 cm³/mol. The number of nitrogens with one attached hydrogen (secondary N) is 1. The molecule has 0 saturated heterocycles. The van der Waals surface area contributed by atoms with Crippen LogP contribution in [0.4, 0.5) is 10.8 Å². The number of para-hydroxylation sites is 1. The Morgan fingerprint density at radius 3 is 2.77 bits per heavy atom. The number of hydrogen-bond donors (Lipinski definition) is 1. The normalized spacial score (nSPS) is 13.3. The summed E-state index contributed by atoms with van der Waals surface area (Å²) in [5.41, 5.74) is 2.98. The number of aromatic nitrogens is 1. The van der Waals surface area contributed by atoms with Crippen molar-refractivity contribution in [1.82, 2.24) is 4.98 Å². The van der Waals surface area contributed by atoms with Crippen molar-refractivity contribution in [2.75, 3.05) is 22.9 Å². The van der Waals surface area contributed by atoms with Crippen molar-refractivity contribution < 1.29 is 13.2 Å². The molecule has 9 heteroatoms. The van der Waals surface area contributed by atoms with Crippen molar-refractivity contribution in [3.05, 3.63) is 65.7 Å². The molecule has 158 valence electrons. The topological polar surface area (TPSA) is 71.5 Å². The molecule has 3 aromatic carbocycles. The van der Waals surface area contributed by atoms with Crippen molar-refractivity contribution in [3.8, 4) is 16.9 Å². The summed E-state index contributed by atoms with van der Waals surface area (Å²) >= 11 is 7.29. The van der Waals surface area contributed by atoms with E-state index in [1.807, 2.05) is 43.3 Å². The average molecular weight is 472 g/mol. The number of nitrogens with zero attached hydrogens (tertiary/aromatic N) is 2. The molecule has 4 aromatic rings. The van der Waals surface area contributed by atoms with Gasteiger partial charge in [-0.3, -0.25) is 4.72 Å². The van der Waals surface area contributed by atoms with Gasteiger partial charge in [-0.1, -0.05) is 53.3 Å². The molecule has 0 fully saturated rings. The molecule has 6 nitrogen and oxygen atoms in total. The van der Waals surface area contributed by atoms with Crippen LogP contribution in [0.5, 0.6) is 5.75 Å². The molecular weight excluding hydrogens is 454 g/mol.